The van der Waals surface area contributed by atoms with Gasteiger partial charge in [0.25, 0.3) is 0 Å². The second-order valence-electron chi connectivity index (χ2n) is 4.26. The van der Waals surface area contributed by atoms with Crippen molar-refractivity contribution < 1.29 is 4.42 Å². The lowest BCUT2D eigenvalue weighted by molar-refractivity contribution is 0.534. The monoisotopic (exact) mass is 316 g/mol. The lowest BCUT2D eigenvalue weighted by atomic mass is 10.3. The van der Waals surface area contributed by atoms with Gasteiger partial charge < -0.3 is 9.73 Å². The predicted molar refractivity (Wildman–Crippen MR) is 80.3 cm³/mol. The zero-order chi connectivity index (χ0) is 13.1. The first kappa shape index (κ1) is 12.2. The van der Waals surface area contributed by atoms with E-state index in [9.17, 15) is 0 Å². The molecule has 0 atom stereocenters. The Morgan fingerprint density at radius 1 is 1.11 bits per heavy atom. The van der Waals surface area contributed by atoms with Crippen molar-refractivity contribution in [2.24, 2.45) is 0 Å². The summed E-state index contributed by atoms with van der Waals surface area (Å²) in [6.45, 7) is 0.804. The van der Waals surface area contributed by atoms with Gasteiger partial charge in [-0.3, -0.25) is 0 Å². The Balaban J connectivity index is 1.65. The molecule has 19 heavy (non-hydrogen) atoms. The van der Waals surface area contributed by atoms with Crippen LogP contribution in [-0.2, 0) is 6.42 Å². The van der Waals surface area contributed by atoms with Crippen LogP contribution in [0.2, 0.25) is 0 Å². The van der Waals surface area contributed by atoms with Gasteiger partial charge in [-0.2, -0.15) is 0 Å². The summed E-state index contributed by atoms with van der Waals surface area (Å²) in [4.78, 5) is 4.47. The van der Waals surface area contributed by atoms with Crippen molar-refractivity contribution in [3.8, 4) is 0 Å². The lowest BCUT2D eigenvalue weighted by Crippen LogP contribution is -2.04. The molecule has 0 fully saturated rings. The van der Waals surface area contributed by atoms with Crippen LogP contribution in [0, 0.1) is 0 Å². The van der Waals surface area contributed by atoms with E-state index in [0.29, 0.717) is 0 Å². The van der Waals surface area contributed by atoms with Crippen LogP contribution in [0.15, 0.2) is 57.4 Å². The normalized spacial score (nSPS) is 10.8. The summed E-state index contributed by atoms with van der Waals surface area (Å²) in [6, 6.07) is 16.0. The fourth-order valence-electron chi connectivity index (χ4n) is 1.93. The highest BCUT2D eigenvalue weighted by Crippen LogP contribution is 2.20. The highest BCUT2D eigenvalue weighted by Gasteiger charge is 2.05. The van der Waals surface area contributed by atoms with Gasteiger partial charge in [0, 0.05) is 23.1 Å². The minimum absolute atomic E-state index is 0.761. The number of rotatable bonds is 4. The van der Waals surface area contributed by atoms with Crippen molar-refractivity contribution in [2.45, 2.75) is 6.42 Å². The van der Waals surface area contributed by atoms with Crippen molar-refractivity contribution >= 4 is 32.7 Å². The second kappa shape index (κ2) is 5.45. The molecular weight excluding hydrogens is 304 g/mol. The van der Waals surface area contributed by atoms with Crippen molar-refractivity contribution in [3.05, 3.63) is 58.9 Å². The zero-order valence-corrected chi connectivity index (χ0v) is 11.9. The van der Waals surface area contributed by atoms with E-state index < -0.39 is 0 Å². The molecular formula is C15H13BrN2O. The predicted octanol–water partition coefficient (Wildman–Crippen LogP) is 4.24. The standard InChI is InChI=1S/C15H13BrN2O/c16-11-6-7-14-13(10-11)18-15(19-14)8-9-17-12-4-2-1-3-5-12/h1-7,10,17H,8-9H2. The smallest absolute Gasteiger partial charge is 0.197 e. The van der Waals surface area contributed by atoms with E-state index in [4.69, 9.17) is 4.42 Å². The first-order valence-electron chi connectivity index (χ1n) is 6.15. The number of hydrogen-bond acceptors (Lipinski definition) is 3. The molecule has 0 saturated carbocycles. The third-order valence-electron chi connectivity index (χ3n) is 2.84. The lowest BCUT2D eigenvalue weighted by Gasteiger charge is -2.03. The van der Waals surface area contributed by atoms with E-state index in [0.717, 1.165) is 40.1 Å². The molecule has 3 rings (SSSR count). The minimum Gasteiger partial charge on any atom is -0.441 e. The second-order valence-corrected chi connectivity index (χ2v) is 5.18. The number of halogens is 1. The Labute approximate surface area is 119 Å². The largest absolute Gasteiger partial charge is 0.441 e. The van der Waals surface area contributed by atoms with E-state index in [1.165, 1.54) is 0 Å². The van der Waals surface area contributed by atoms with Crippen LogP contribution >= 0.6 is 15.9 Å². The van der Waals surface area contributed by atoms with E-state index >= 15 is 0 Å². The first-order valence-corrected chi connectivity index (χ1v) is 6.94. The van der Waals surface area contributed by atoms with Crippen LogP contribution in [-0.4, -0.2) is 11.5 Å². The van der Waals surface area contributed by atoms with Crippen LogP contribution < -0.4 is 5.32 Å². The molecule has 0 saturated heterocycles. The van der Waals surface area contributed by atoms with Gasteiger partial charge in [0.2, 0.25) is 0 Å². The van der Waals surface area contributed by atoms with Crippen LogP contribution in [0.25, 0.3) is 11.1 Å². The third-order valence-corrected chi connectivity index (χ3v) is 3.33. The summed E-state index contributed by atoms with van der Waals surface area (Å²) in [5, 5.41) is 3.34. The van der Waals surface area contributed by atoms with Crippen molar-refractivity contribution in [2.75, 3.05) is 11.9 Å². The molecule has 1 heterocycles. The average Bonchev–Trinajstić information content (AvgIpc) is 2.82. The van der Waals surface area contributed by atoms with Gasteiger partial charge in [-0.25, -0.2) is 4.98 Å². The van der Waals surface area contributed by atoms with Crippen LogP contribution in [0.3, 0.4) is 0 Å². The maximum atomic E-state index is 5.69. The van der Waals surface area contributed by atoms with E-state index in [1.807, 2.05) is 48.5 Å². The molecule has 0 amide bonds. The molecule has 0 bridgehead atoms. The SMILES string of the molecule is Brc1ccc2oc(CCNc3ccccc3)nc2c1. The quantitative estimate of drug-likeness (QED) is 0.782. The van der Waals surface area contributed by atoms with E-state index in [-0.39, 0.29) is 0 Å². The molecule has 0 aliphatic rings. The Morgan fingerprint density at radius 2 is 1.95 bits per heavy atom. The topological polar surface area (TPSA) is 38.1 Å². The number of anilines is 1. The number of aromatic nitrogens is 1. The number of para-hydroxylation sites is 1. The molecule has 4 heteroatoms. The first-order chi connectivity index (χ1) is 9.31. The summed E-state index contributed by atoms with van der Waals surface area (Å²) in [6.07, 6.45) is 0.765. The summed E-state index contributed by atoms with van der Waals surface area (Å²) in [5.74, 6) is 0.761. The molecule has 0 spiro atoms. The molecule has 0 aliphatic heterocycles. The van der Waals surface area contributed by atoms with E-state index in [2.05, 4.69) is 26.2 Å². The molecule has 1 N–H and O–H groups in total. The average molecular weight is 317 g/mol. The van der Waals surface area contributed by atoms with Gasteiger partial charge in [0.15, 0.2) is 11.5 Å². The minimum atomic E-state index is 0.761. The fourth-order valence-corrected chi connectivity index (χ4v) is 2.27. The Hall–Kier alpha value is -1.81. The van der Waals surface area contributed by atoms with E-state index in [1.54, 1.807) is 0 Å². The number of nitrogens with one attached hydrogen (secondary N) is 1. The van der Waals surface area contributed by atoms with Crippen LogP contribution in [0.1, 0.15) is 5.89 Å². The highest BCUT2D eigenvalue weighted by atomic mass is 79.9. The summed E-state index contributed by atoms with van der Waals surface area (Å²) in [5.41, 5.74) is 2.84. The maximum absolute atomic E-state index is 5.69. The molecule has 1 aromatic heterocycles. The van der Waals surface area contributed by atoms with Gasteiger partial charge in [-0.1, -0.05) is 34.1 Å². The van der Waals surface area contributed by atoms with Gasteiger partial charge in [0.05, 0.1) is 0 Å². The highest BCUT2D eigenvalue weighted by molar-refractivity contribution is 9.10. The molecule has 3 nitrogen and oxygen atoms in total. The molecule has 2 aromatic carbocycles. The molecule has 0 aliphatic carbocycles. The summed E-state index contributed by atoms with van der Waals surface area (Å²) >= 11 is 3.43. The fraction of sp³-hybridized carbons (Fsp3) is 0.133. The molecule has 0 radical (unpaired) electrons. The number of oxazole rings is 1. The Bertz CT molecular complexity index is 679. The number of fused-ring (bicyclic) bond motifs is 1. The Kier molecular flexibility index (Phi) is 3.51. The van der Waals surface area contributed by atoms with Crippen molar-refractivity contribution in [1.29, 1.82) is 0 Å². The van der Waals surface area contributed by atoms with Crippen LogP contribution in [0.5, 0.6) is 0 Å². The molecule has 96 valence electrons. The molecule has 0 unspecified atom stereocenters. The summed E-state index contributed by atoms with van der Waals surface area (Å²) < 4.78 is 6.71. The van der Waals surface area contributed by atoms with Crippen molar-refractivity contribution in [1.82, 2.24) is 4.98 Å². The number of hydrogen-bond donors (Lipinski definition) is 1. The van der Waals surface area contributed by atoms with Crippen molar-refractivity contribution in [3.63, 3.8) is 0 Å². The maximum Gasteiger partial charge on any atom is 0.197 e. The van der Waals surface area contributed by atoms with Gasteiger partial charge in [-0.05, 0) is 30.3 Å². The zero-order valence-electron chi connectivity index (χ0n) is 10.3. The van der Waals surface area contributed by atoms with Gasteiger partial charge in [-0.15, -0.1) is 0 Å². The third kappa shape index (κ3) is 2.96. The van der Waals surface area contributed by atoms with Crippen LogP contribution in [0.4, 0.5) is 5.69 Å². The Morgan fingerprint density at radius 3 is 2.79 bits per heavy atom. The summed E-state index contributed by atoms with van der Waals surface area (Å²) in [7, 11) is 0. The molecule has 3 aromatic rings. The number of benzene rings is 2. The van der Waals surface area contributed by atoms with Gasteiger partial charge >= 0.3 is 0 Å². The van der Waals surface area contributed by atoms with Gasteiger partial charge in [0.1, 0.15) is 5.52 Å². The number of nitrogens with zero attached hydrogens (tertiary/aromatic N) is 1.